The molecule has 1 fully saturated rings. The number of β-lactam (4-membered cyclic amide) rings is 1. The van der Waals surface area contributed by atoms with Crippen LogP contribution in [0.4, 0.5) is 0 Å². The van der Waals surface area contributed by atoms with E-state index in [0.29, 0.717) is 16.3 Å². The van der Waals surface area contributed by atoms with Crippen LogP contribution in [0.15, 0.2) is 95.0 Å². The van der Waals surface area contributed by atoms with Gasteiger partial charge in [0.2, 0.25) is 11.8 Å². The van der Waals surface area contributed by atoms with Crippen molar-refractivity contribution >= 4 is 86.7 Å². The quantitative estimate of drug-likeness (QED) is 0.120. The van der Waals surface area contributed by atoms with E-state index in [1.165, 1.54) is 35.3 Å². The van der Waals surface area contributed by atoms with Gasteiger partial charge in [0.25, 0.3) is 0 Å². The molecule has 0 aromatic heterocycles. The number of rotatable bonds is 9. The van der Waals surface area contributed by atoms with Crippen LogP contribution >= 0.6 is 62.7 Å². The molecule has 4 unspecified atom stereocenters. The number of fused-ring (bicyclic) bond motifs is 1. The molecule has 3 aromatic carbocycles. The van der Waals surface area contributed by atoms with Gasteiger partial charge < -0.3 is 14.8 Å². The van der Waals surface area contributed by atoms with Crippen molar-refractivity contribution in [2.45, 2.75) is 38.7 Å². The fourth-order valence-corrected chi connectivity index (χ4v) is 8.66. The minimum atomic E-state index is -0.966. The Bertz CT molecular complexity index is 1520. The molecule has 1 saturated heterocycles. The van der Waals surface area contributed by atoms with E-state index in [0.717, 1.165) is 16.0 Å². The summed E-state index contributed by atoms with van der Waals surface area (Å²) in [6.45, 7) is 1.35. The zero-order valence-electron chi connectivity index (χ0n) is 21.9. The van der Waals surface area contributed by atoms with E-state index in [-0.39, 0.29) is 23.1 Å². The fourth-order valence-electron chi connectivity index (χ4n) is 4.70. The van der Waals surface area contributed by atoms with Gasteiger partial charge in [0.15, 0.2) is 6.10 Å². The Labute approximate surface area is 269 Å². The molecule has 2 heterocycles. The van der Waals surface area contributed by atoms with Crippen molar-refractivity contribution in [1.29, 1.82) is 0 Å². The largest absolute Gasteiger partial charge is 0.448 e. The SMILES string of the molecule is CC(=O)NC1SC2C(Sc3ccc(Cl)c(Cl)c3)C(=O)N2C(C(=O)OC(c2ccccc2)c2ccccc2)=C1C(Br)C=O. The van der Waals surface area contributed by atoms with E-state index in [1.807, 2.05) is 60.7 Å². The number of hydrogen-bond donors (Lipinski definition) is 1. The number of nitrogens with one attached hydrogen (secondary N) is 1. The number of carbonyl (C=O) groups excluding carboxylic acids is 4. The molecule has 1 N–H and O–H groups in total. The third-order valence-corrected chi connectivity index (χ3v) is 10.9. The van der Waals surface area contributed by atoms with Crippen LogP contribution in [0.1, 0.15) is 24.2 Å². The lowest BCUT2D eigenvalue weighted by Gasteiger charge is -2.51. The van der Waals surface area contributed by atoms with E-state index in [4.69, 9.17) is 27.9 Å². The Morgan fingerprint density at radius 3 is 2.19 bits per heavy atom. The maximum Gasteiger partial charge on any atom is 0.356 e. The molecular formula is C30H23BrCl2N2O5S2. The minimum absolute atomic E-state index is 0.0701. The van der Waals surface area contributed by atoms with Crippen LogP contribution in [0.2, 0.25) is 10.0 Å². The number of alkyl halides is 1. The summed E-state index contributed by atoms with van der Waals surface area (Å²) in [5.41, 5.74) is 1.62. The molecule has 0 bridgehead atoms. The van der Waals surface area contributed by atoms with Crippen LogP contribution in [-0.4, -0.2) is 49.8 Å². The summed E-state index contributed by atoms with van der Waals surface area (Å²) < 4.78 is 6.14. The molecule has 42 heavy (non-hydrogen) atoms. The molecular weight excluding hydrogens is 683 g/mol. The van der Waals surface area contributed by atoms with Crippen LogP contribution in [0.25, 0.3) is 0 Å². The first kappa shape index (κ1) is 30.7. The van der Waals surface area contributed by atoms with E-state index < -0.39 is 32.9 Å². The van der Waals surface area contributed by atoms with Gasteiger partial charge in [0.1, 0.15) is 28.0 Å². The molecule has 12 heteroatoms. The zero-order valence-corrected chi connectivity index (χ0v) is 26.6. The van der Waals surface area contributed by atoms with Crippen molar-refractivity contribution in [1.82, 2.24) is 10.2 Å². The maximum atomic E-state index is 14.1. The monoisotopic (exact) mass is 704 g/mol. The van der Waals surface area contributed by atoms with Crippen LogP contribution in [0.5, 0.6) is 0 Å². The van der Waals surface area contributed by atoms with Crippen molar-refractivity contribution in [3.05, 3.63) is 111 Å². The van der Waals surface area contributed by atoms with Gasteiger partial charge in [-0.15, -0.1) is 23.5 Å². The summed E-state index contributed by atoms with van der Waals surface area (Å²) >= 11 is 18.2. The van der Waals surface area contributed by atoms with Crippen molar-refractivity contribution in [3.63, 3.8) is 0 Å². The van der Waals surface area contributed by atoms with Gasteiger partial charge in [-0.2, -0.15) is 0 Å². The van der Waals surface area contributed by atoms with Crippen LogP contribution in [0.3, 0.4) is 0 Å². The summed E-state index contributed by atoms with van der Waals surface area (Å²) in [5.74, 6) is -1.49. The molecule has 7 nitrogen and oxygen atoms in total. The van der Waals surface area contributed by atoms with Gasteiger partial charge in [-0.3, -0.25) is 14.5 Å². The predicted octanol–water partition coefficient (Wildman–Crippen LogP) is 6.38. The number of benzene rings is 3. The second kappa shape index (κ2) is 13.3. The first-order valence-electron chi connectivity index (χ1n) is 12.7. The van der Waals surface area contributed by atoms with E-state index in [1.54, 1.807) is 18.2 Å². The van der Waals surface area contributed by atoms with Crippen LogP contribution in [0, 0.1) is 0 Å². The normalized spacial score (nSPS) is 20.5. The van der Waals surface area contributed by atoms with E-state index in [9.17, 15) is 19.2 Å². The number of esters is 1. The first-order valence-corrected chi connectivity index (χ1v) is 16.2. The highest BCUT2D eigenvalue weighted by Gasteiger charge is 2.57. The number of carbonyl (C=O) groups is 4. The summed E-state index contributed by atoms with van der Waals surface area (Å²) in [6.07, 6.45) is -0.181. The topological polar surface area (TPSA) is 92.8 Å². The van der Waals surface area contributed by atoms with Crippen molar-refractivity contribution in [3.8, 4) is 0 Å². The molecule has 0 radical (unpaired) electrons. The molecule has 2 aliphatic rings. The van der Waals surface area contributed by atoms with Gasteiger partial charge >= 0.3 is 5.97 Å². The van der Waals surface area contributed by atoms with E-state index >= 15 is 0 Å². The average Bonchev–Trinajstić information content (AvgIpc) is 2.99. The van der Waals surface area contributed by atoms with Crippen molar-refractivity contribution < 1.29 is 23.9 Å². The van der Waals surface area contributed by atoms with Crippen LogP contribution in [-0.2, 0) is 23.9 Å². The number of ether oxygens (including phenoxy) is 1. The van der Waals surface area contributed by atoms with E-state index in [2.05, 4.69) is 21.2 Å². The number of aldehydes is 1. The number of hydrogen-bond acceptors (Lipinski definition) is 7. The van der Waals surface area contributed by atoms with Gasteiger partial charge in [0.05, 0.1) is 14.9 Å². The lowest BCUT2D eigenvalue weighted by molar-refractivity contribution is -0.151. The molecule has 5 rings (SSSR count). The highest BCUT2D eigenvalue weighted by atomic mass is 79.9. The summed E-state index contributed by atoms with van der Waals surface area (Å²) in [5, 5.41) is 1.65. The Morgan fingerprint density at radius 2 is 1.64 bits per heavy atom. The van der Waals surface area contributed by atoms with Crippen molar-refractivity contribution in [2.24, 2.45) is 0 Å². The summed E-state index contributed by atoms with van der Waals surface area (Å²) in [6, 6.07) is 23.5. The van der Waals surface area contributed by atoms with Gasteiger partial charge in [0, 0.05) is 17.4 Å². The minimum Gasteiger partial charge on any atom is -0.448 e. The first-order chi connectivity index (χ1) is 20.2. The molecule has 216 valence electrons. The van der Waals surface area contributed by atoms with Gasteiger partial charge in [-0.1, -0.05) is 99.8 Å². The average molecular weight is 706 g/mol. The highest BCUT2D eigenvalue weighted by Crippen LogP contribution is 2.51. The van der Waals surface area contributed by atoms with Gasteiger partial charge in [-0.05, 0) is 29.3 Å². The van der Waals surface area contributed by atoms with Crippen LogP contribution < -0.4 is 5.32 Å². The predicted molar refractivity (Wildman–Crippen MR) is 169 cm³/mol. The standard InChI is InChI=1S/C30H23BrCl2N2O5S2/c1-16(37)34-27-23(20(31)15-36)24(30(39)40-25(17-8-4-2-5-9-17)18-10-6-3-7-11-18)35-28(38)26(29(35)42-27)41-19-12-13-21(32)22(33)14-19/h2-15,20,25-27,29H,1H3,(H,34,37). The lowest BCUT2D eigenvalue weighted by Crippen LogP contribution is -2.66. The Morgan fingerprint density at radius 1 is 1.02 bits per heavy atom. The molecule has 3 aromatic rings. The number of thioether (sulfide) groups is 2. The second-order valence-corrected chi connectivity index (χ2v) is 13.6. The maximum absolute atomic E-state index is 14.1. The zero-order chi connectivity index (χ0) is 30.0. The second-order valence-electron chi connectivity index (χ2n) is 9.38. The lowest BCUT2D eigenvalue weighted by atomic mass is 10.0. The fraction of sp³-hybridized carbons (Fsp3) is 0.200. The summed E-state index contributed by atoms with van der Waals surface area (Å²) in [7, 11) is 0. The third kappa shape index (κ3) is 6.28. The molecule has 0 spiro atoms. The number of halogens is 3. The smallest absolute Gasteiger partial charge is 0.356 e. The molecule has 2 aliphatic heterocycles. The third-order valence-electron chi connectivity index (χ3n) is 6.59. The highest BCUT2D eigenvalue weighted by molar-refractivity contribution is 9.10. The van der Waals surface area contributed by atoms with Crippen molar-refractivity contribution in [2.75, 3.05) is 0 Å². The molecule has 4 atom stereocenters. The Hall–Kier alpha value is -2.76. The number of amides is 2. The molecule has 0 aliphatic carbocycles. The van der Waals surface area contributed by atoms with Gasteiger partial charge in [-0.25, -0.2) is 4.79 Å². The molecule has 2 amide bonds. The number of nitrogens with zero attached hydrogens (tertiary/aromatic N) is 1. The summed E-state index contributed by atoms with van der Waals surface area (Å²) in [4.78, 5) is 53.2. The Kier molecular flexibility index (Phi) is 9.69. The Balaban J connectivity index is 1.55. The molecule has 0 saturated carbocycles.